The van der Waals surface area contributed by atoms with Crippen LogP contribution < -0.4 is 5.32 Å². The third-order valence-corrected chi connectivity index (χ3v) is 3.29. The minimum Gasteiger partial charge on any atom is -0.305 e. The van der Waals surface area contributed by atoms with Crippen LogP contribution >= 0.6 is 0 Å². The zero-order valence-corrected chi connectivity index (χ0v) is 9.53. The van der Waals surface area contributed by atoms with Gasteiger partial charge in [0.25, 0.3) is 0 Å². The van der Waals surface area contributed by atoms with E-state index in [0.717, 1.165) is 11.7 Å². The lowest BCUT2D eigenvalue weighted by Gasteiger charge is -2.29. The molecule has 0 aromatic carbocycles. The van der Waals surface area contributed by atoms with E-state index in [1.807, 2.05) is 0 Å². The van der Waals surface area contributed by atoms with Gasteiger partial charge in [-0.15, -0.1) is 0 Å². The first kappa shape index (κ1) is 10.6. The molecule has 1 fully saturated rings. The fourth-order valence-electron chi connectivity index (χ4n) is 2.23. The average molecular weight is 208 g/mol. The van der Waals surface area contributed by atoms with Gasteiger partial charge in [0.1, 0.15) is 12.2 Å². The molecule has 0 saturated heterocycles. The molecule has 2 rings (SSSR count). The number of hydrogen-bond acceptors (Lipinski definition) is 3. The second-order valence-electron chi connectivity index (χ2n) is 4.69. The Bertz CT molecular complexity index is 279. The average Bonchev–Trinajstić information content (AvgIpc) is 2.64. The van der Waals surface area contributed by atoms with Crippen molar-refractivity contribution in [1.82, 2.24) is 20.5 Å². The summed E-state index contributed by atoms with van der Waals surface area (Å²) >= 11 is 0. The molecule has 1 aliphatic rings. The van der Waals surface area contributed by atoms with Gasteiger partial charge in [-0.3, -0.25) is 5.10 Å². The summed E-state index contributed by atoms with van der Waals surface area (Å²) < 4.78 is 0. The highest BCUT2D eigenvalue weighted by Crippen LogP contribution is 2.30. The van der Waals surface area contributed by atoms with E-state index in [1.165, 1.54) is 25.7 Å². The minimum absolute atomic E-state index is 0.266. The van der Waals surface area contributed by atoms with Crippen molar-refractivity contribution in [2.24, 2.45) is 5.92 Å². The summed E-state index contributed by atoms with van der Waals surface area (Å²) in [5.74, 6) is 1.88. The molecule has 1 heterocycles. The van der Waals surface area contributed by atoms with Gasteiger partial charge in [-0.1, -0.05) is 19.3 Å². The molecule has 15 heavy (non-hydrogen) atoms. The van der Waals surface area contributed by atoms with E-state index >= 15 is 0 Å². The predicted octanol–water partition coefficient (Wildman–Crippen LogP) is 2.03. The molecule has 0 radical (unpaired) electrons. The quantitative estimate of drug-likeness (QED) is 0.778. The Balaban J connectivity index is 1.75. The third kappa shape index (κ3) is 2.78. The Kier molecular flexibility index (Phi) is 3.36. The molecule has 2 atom stereocenters. The topological polar surface area (TPSA) is 53.6 Å². The Morgan fingerprint density at radius 2 is 2.33 bits per heavy atom. The van der Waals surface area contributed by atoms with Crippen molar-refractivity contribution in [3.8, 4) is 0 Å². The van der Waals surface area contributed by atoms with E-state index in [-0.39, 0.29) is 6.04 Å². The maximum absolute atomic E-state index is 4.15. The first-order valence-corrected chi connectivity index (χ1v) is 5.87. The predicted molar refractivity (Wildman–Crippen MR) is 59.4 cm³/mol. The molecule has 2 unspecified atom stereocenters. The maximum Gasteiger partial charge on any atom is 0.141 e. The Morgan fingerprint density at radius 3 is 2.87 bits per heavy atom. The summed E-state index contributed by atoms with van der Waals surface area (Å²) in [5, 5.41) is 10.3. The van der Waals surface area contributed by atoms with Gasteiger partial charge in [0.2, 0.25) is 0 Å². The van der Waals surface area contributed by atoms with E-state index in [2.05, 4.69) is 34.3 Å². The highest BCUT2D eigenvalue weighted by atomic mass is 15.2. The van der Waals surface area contributed by atoms with Crippen molar-refractivity contribution < 1.29 is 0 Å². The fourth-order valence-corrected chi connectivity index (χ4v) is 2.23. The number of nitrogens with one attached hydrogen (secondary N) is 2. The molecule has 4 heteroatoms. The zero-order chi connectivity index (χ0) is 10.7. The molecule has 0 bridgehead atoms. The van der Waals surface area contributed by atoms with Crippen LogP contribution in [0.2, 0.25) is 0 Å². The second kappa shape index (κ2) is 4.75. The lowest BCUT2D eigenvalue weighted by molar-refractivity contribution is 0.258. The van der Waals surface area contributed by atoms with E-state index in [9.17, 15) is 0 Å². The van der Waals surface area contributed by atoms with Gasteiger partial charge < -0.3 is 5.32 Å². The maximum atomic E-state index is 4.15. The van der Waals surface area contributed by atoms with Gasteiger partial charge in [-0.2, -0.15) is 5.10 Å². The van der Waals surface area contributed by atoms with Crippen LogP contribution in [0.15, 0.2) is 6.33 Å². The molecule has 0 amide bonds. The molecule has 1 saturated carbocycles. The molecule has 2 N–H and O–H groups in total. The minimum atomic E-state index is 0.266. The lowest BCUT2D eigenvalue weighted by atomic mass is 9.81. The van der Waals surface area contributed by atoms with E-state index in [4.69, 9.17) is 0 Å². The molecule has 1 aromatic heterocycles. The normalized spacial score (nSPS) is 20.9. The monoisotopic (exact) mass is 208 g/mol. The largest absolute Gasteiger partial charge is 0.305 e. The summed E-state index contributed by atoms with van der Waals surface area (Å²) in [6, 6.07) is 0.831. The molecule has 4 nitrogen and oxygen atoms in total. The van der Waals surface area contributed by atoms with Crippen molar-refractivity contribution in [2.45, 2.75) is 51.6 Å². The Morgan fingerprint density at radius 1 is 1.53 bits per heavy atom. The van der Waals surface area contributed by atoms with Crippen LogP contribution in [0.1, 0.15) is 51.4 Å². The van der Waals surface area contributed by atoms with E-state index < -0.39 is 0 Å². The fraction of sp³-hybridized carbons (Fsp3) is 0.818. The van der Waals surface area contributed by atoms with E-state index in [0.29, 0.717) is 6.04 Å². The molecule has 1 aromatic rings. The number of aromatic nitrogens is 3. The van der Waals surface area contributed by atoms with Gasteiger partial charge in [-0.05, 0) is 26.2 Å². The first-order valence-electron chi connectivity index (χ1n) is 5.87. The van der Waals surface area contributed by atoms with Gasteiger partial charge in [0.05, 0.1) is 6.04 Å². The second-order valence-corrected chi connectivity index (χ2v) is 4.69. The standard InChI is InChI=1S/C11H20N4/c1-8(6-10-4-3-5-10)14-9(2)11-12-7-13-15-11/h7-10,14H,3-6H2,1-2H3,(H,12,13,15). The molecule has 0 aliphatic heterocycles. The molecule has 1 aliphatic carbocycles. The van der Waals surface area contributed by atoms with Crippen LogP contribution in [0.3, 0.4) is 0 Å². The lowest BCUT2D eigenvalue weighted by Crippen LogP contribution is -2.32. The number of aromatic amines is 1. The van der Waals surface area contributed by atoms with Gasteiger partial charge >= 0.3 is 0 Å². The van der Waals surface area contributed by atoms with Crippen molar-refractivity contribution in [3.05, 3.63) is 12.2 Å². The zero-order valence-electron chi connectivity index (χ0n) is 9.53. The number of nitrogens with zero attached hydrogens (tertiary/aromatic N) is 2. The van der Waals surface area contributed by atoms with Crippen molar-refractivity contribution in [3.63, 3.8) is 0 Å². The van der Waals surface area contributed by atoms with Crippen LogP contribution in [0.4, 0.5) is 0 Å². The smallest absolute Gasteiger partial charge is 0.141 e. The van der Waals surface area contributed by atoms with Crippen LogP contribution in [0.25, 0.3) is 0 Å². The van der Waals surface area contributed by atoms with Crippen molar-refractivity contribution >= 4 is 0 Å². The number of rotatable bonds is 5. The van der Waals surface area contributed by atoms with Gasteiger partial charge in [0.15, 0.2) is 0 Å². The summed E-state index contributed by atoms with van der Waals surface area (Å²) in [7, 11) is 0. The van der Waals surface area contributed by atoms with Crippen molar-refractivity contribution in [1.29, 1.82) is 0 Å². The van der Waals surface area contributed by atoms with Gasteiger partial charge in [0, 0.05) is 6.04 Å². The summed E-state index contributed by atoms with van der Waals surface area (Å²) in [5.41, 5.74) is 0. The van der Waals surface area contributed by atoms with Crippen LogP contribution in [-0.2, 0) is 0 Å². The summed E-state index contributed by atoms with van der Waals surface area (Å²) in [6.07, 6.45) is 7.11. The summed E-state index contributed by atoms with van der Waals surface area (Å²) in [4.78, 5) is 4.15. The number of hydrogen-bond donors (Lipinski definition) is 2. The third-order valence-electron chi connectivity index (χ3n) is 3.29. The Hall–Kier alpha value is -0.900. The molecular weight excluding hydrogens is 188 g/mol. The Labute approximate surface area is 90.9 Å². The van der Waals surface area contributed by atoms with Crippen LogP contribution in [0.5, 0.6) is 0 Å². The highest BCUT2D eigenvalue weighted by Gasteiger charge is 2.21. The van der Waals surface area contributed by atoms with Crippen molar-refractivity contribution in [2.75, 3.05) is 0 Å². The molecular formula is C11H20N4. The SMILES string of the molecule is CC(CC1CCC1)NC(C)c1ncn[nH]1. The van der Waals surface area contributed by atoms with Crippen LogP contribution in [-0.4, -0.2) is 21.2 Å². The number of H-pyrrole nitrogens is 1. The highest BCUT2D eigenvalue weighted by molar-refractivity contribution is 4.90. The van der Waals surface area contributed by atoms with Gasteiger partial charge in [-0.25, -0.2) is 4.98 Å². The van der Waals surface area contributed by atoms with Crippen LogP contribution in [0, 0.1) is 5.92 Å². The first-order chi connectivity index (χ1) is 7.25. The molecule has 84 valence electrons. The molecule has 0 spiro atoms. The van der Waals surface area contributed by atoms with E-state index in [1.54, 1.807) is 6.33 Å². The summed E-state index contributed by atoms with van der Waals surface area (Å²) in [6.45, 7) is 4.38.